The fourth-order valence-electron chi connectivity index (χ4n) is 4.12. The molecule has 1 aromatic heterocycles. The van der Waals surface area contributed by atoms with Gasteiger partial charge >= 0.3 is 0 Å². The summed E-state index contributed by atoms with van der Waals surface area (Å²) in [5.74, 6) is 0.853. The number of aromatic nitrogens is 2. The highest BCUT2D eigenvalue weighted by molar-refractivity contribution is 5.94. The largest absolute Gasteiger partial charge is 0.366 e. The predicted molar refractivity (Wildman–Crippen MR) is 121 cm³/mol. The number of hydrogen-bond donors (Lipinski definition) is 2. The van der Waals surface area contributed by atoms with Gasteiger partial charge < -0.3 is 15.2 Å². The minimum atomic E-state index is -0.354. The summed E-state index contributed by atoms with van der Waals surface area (Å²) in [6, 6.07) is 12.5. The molecular formula is C23H27N5O3. The third-order valence-corrected chi connectivity index (χ3v) is 5.85. The van der Waals surface area contributed by atoms with Gasteiger partial charge in [-0.2, -0.15) is 0 Å². The van der Waals surface area contributed by atoms with Crippen LogP contribution < -0.4 is 10.2 Å². The van der Waals surface area contributed by atoms with Gasteiger partial charge in [0.1, 0.15) is 11.5 Å². The summed E-state index contributed by atoms with van der Waals surface area (Å²) in [6.45, 7) is 3.38. The standard InChI is InChI=1S/C23H27N5O3/c1-2-3-8-22-25-18-10-9-17(15-19(18)26-22)24-23(29)16-11-13-27(14-12-16)20-6-4-5-7-21(20)28(30)31/h4-7,9-10,15-16H,2-3,8,11-14H2,1H3,(H,24,29)(H,25,26). The number of imidazole rings is 1. The van der Waals surface area contributed by atoms with Crippen molar-refractivity contribution in [1.29, 1.82) is 0 Å². The molecule has 2 heterocycles. The molecule has 1 aliphatic heterocycles. The number of amides is 1. The number of unbranched alkanes of at least 4 members (excludes halogenated alkanes) is 1. The molecule has 1 aliphatic rings. The molecule has 2 aromatic carbocycles. The van der Waals surface area contributed by atoms with Gasteiger partial charge in [-0.1, -0.05) is 25.5 Å². The number of hydrogen-bond acceptors (Lipinski definition) is 5. The van der Waals surface area contributed by atoms with E-state index in [0.717, 1.165) is 41.8 Å². The zero-order valence-electron chi connectivity index (χ0n) is 17.6. The zero-order valence-corrected chi connectivity index (χ0v) is 17.6. The molecular weight excluding hydrogens is 394 g/mol. The number of para-hydroxylation sites is 2. The van der Waals surface area contributed by atoms with Crippen molar-refractivity contribution >= 4 is 34.0 Å². The van der Waals surface area contributed by atoms with Gasteiger partial charge in [0, 0.05) is 37.2 Å². The van der Waals surface area contributed by atoms with Gasteiger partial charge in [0.2, 0.25) is 5.91 Å². The number of rotatable bonds is 7. The van der Waals surface area contributed by atoms with Crippen LogP contribution in [0.3, 0.4) is 0 Å². The van der Waals surface area contributed by atoms with E-state index >= 15 is 0 Å². The Balaban J connectivity index is 1.37. The van der Waals surface area contributed by atoms with E-state index in [2.05, 4.69) is 22.2 Å². The first-order chi connectivity index (χ1) is 15.0. The molecule has 8 heteroatoms. The number of anilines is 2. The number of aromatic amines is 1. The number of carbonyl (C=O) groups is 1. The number of nitrogens with one attached hydrogen (secondary N) is 2. The van der Waals surface area contributed by atoms with Crippen molar-refractivity contribution < 1.29 is 9.72 Å². The maximum atomic E-state index is 12.8. The lowest BCUT2D eigenvalue weighted by Gasteiger charge is -2.32. The smallest absolute Gasteiger partial charge is 0.292 e. The number of piperidine rings is 1. The van der Waals surface area contributed by atoms with E-state index in [9.17, 15) is 14.9 Å². The molecule has 3 aromatic rings. The summed E-state index contributed by atoms with van der Waals surface area (Å²) >= 11 is 0. The number of fused-ring (bicyclic) bond motifs is 1. The first kappa shape index (κ1) is 20.8. The van der Waals surface area contributed by atoms with Gasteiger partial charge in [0.05, 0.1) is 16.0 Å². The lowest BCUT2D eigenvalue weighted by atomic mass is 9.95. The first-order valence-corrected chi connectivity index (χ1v) is 10.8. The van der Waals surface area contributed by atoms with Crippen molar-refractivity contribution in [2.24, 2.45) is 5.92 Å². The predicted octanol–water partition coefficient (Wildman–Crippen LogP) is 4.67. The lowest BCUT2D eigenvalue weighted by Crippen LogP contribution is -2.38. The molecule has 31 heavy (non-hydrogen) atoms. The first-order valence-electron chi connectivity index (χ1n) is 10.8. The van der Waals surface area contributed by atoms with Crippen LogP contribution in [0.4, 0.5) is 17.1 Å². The number of nitro groups is 1. The van der Waals surface area contributed by atoms with Gasteiger partial charge in [0.25, 0.3) is 5.69 Å². The minimum Gasteiger partial charge on any atom is -0.366 e. The summed E-state index contributed by atoms with van der Waals surface area (Å²) in [5.41, 5.74) is 3.31. The average molecular weight is 422 g/mol. The molecule has 0 saturated carbocycles. The summed E-state index contributed by atoms with van der Waals surface area (Å²) in [4.78, 5) is 33.7. The van der Waals surface area contributed by atoms with E-state index in [1.54, 1.807) is 18.2 Å². The van der Waals surface area contributed by atoms with E-state index in [-0.39, 0.29) is 22.4 Å². The van der Waals surface area contributed by atoms with Crippen LogP contribution in [-0.2, 0) is 11.2 Å². The molecule has 0 radical (unpaired) electrons. The second kappa shape index (κ2) is 9.16. The molecule has 0 unspecified atom stereocenters. The van der Waals surface area contributed by atoms with E-state index < -0.39 is 0 Å². The minimum absolute atomic E-state index is 0.00715. The van der Waals surface area contributed by atoms with Crippen molar-refractivity contribution in [2.45, 2.75) is 39.0 Å². The molecule has 0 spiro atoms. The number of nitro benzene ring substituents is 1. The van der Waals surface area contributed by atoms with Crippen molar-refractivity contribution in [3.63, 3.8) is 0 Å². The molecule has 1 saturated heterocycles. The van der Waals surface area contributed by atoms with Gasteiger partial charge in [-0.15, -0.1) is 0 Å². The summed E-state index contributed by atoms with van der Waals surface area (Å²) in [7, 11) is 0. The van der Waals surface area contributed by atoms with Crippen LogP contribution in [0, 0.1) is 16.0 Å². The van der Waals surface area contributed by atoms with Crippen LogP contribution in [0.15, 0.2) is 42.5 Å². The molecule has 0 aliphatic carbocycles. The molecule has 4 rings (SSSR count). The Bertz CT molecular complexity index is 1090. The fraction of sp³-hybridized carbons (Fsp3) is 0.391. The highest BCUT2D eigenvalue weighted by Gasteiger charge is 2.28. The third kappa shape index (κ3) is 4.68. The quantitative estimate of drug-likeness (QED) is 0.426. The Morgan fingerprint density at radius 3 is 2.77 bits per heavy atom. The van der Waals surface area contributed by atoms with E-state index in [4.69, 9.17) is 0 Å². The lowest BCUT2D eigenvalue weighted by molar-refractivity contribution is -0.384. The third-order valence-electron chi connectivity index (χ3n) is 5.85. The van der Waals surface area contributed by atoms with Gasteiger partial charge in [-0.05, 0) is 43.5 Å². The van der Waals surface area contributed by atoms with Crippen LogP contribution >= 0.6 is 0 Å². The molecule has 0 atom stereocenters. The fourth-order valence-corrected chi connectivity index (χ4v) is 4.12. The van der Waals surface area contributed by atoms with E-state index in [1.807, 2.05) is 23.1 Å². The Labute approximate surface area is 180 Å². The van der Waals surface area contributed by atoms with Gasteiger partial charge in [-0.25, -0.2) is 4.98 Å². The van der Waals surface area contributed by atoms with Crippen molar-refractivity contribution in [1.82, 2.24) is 9.97 Å². The zero-order chi connectivity index (χ0) is 21.8. The highest BCUT2D eigenvalue weighted by atomic mass is 16.6. The average Bonchev–Trinajstić information content (AvgIpc) is 3.20. The number of carbonyl (C=O) groups excluding carboxylic acids is 1. The summed E-state index contributed by atoms with van der Waals surface area (Å²) in [6.07, 6.45) is 4.45. The highest BCUT2D eigenvalue weighted by Crippen LogP contribution is 2.31. The molecule has 8 nitrogen and oxygen atoms in total. The number of H-pyrrole nitrogens is 1. The molecule has 162 valence electrons. The van der Waals surface area contributed by atoms with Gasteiger partial charge in [-0.3, -0.25) is 14.9 Å². The second-order valence-electron chi connectivity index (χ2n) is 8.02. The van der Waals surface area contributed by atoms with Gasteiger partial charge in [0.15, 0.2) is 0 Å². The summed E-state index contributed by atoms with van der Waals surface area (Å²) < 4.78 is 0. The number of nitrogens with zero attached hydrogens (tertiary/aromatic N) is 3. The van der Waals surface area contributed by atoms with Crippen LogP contribution in [-0.4, -0.2) is 33.9 Å². The normalized spacial score (nSPS) is 14.7. The Kier molecular flexibility index (Phi) is 6.16. The van der Waals surface area contributed by atoms with Crippen LogP contribution in [0.2, 0.25) is 0 Å². The van der Waals surface area contributed by atoms with E-state index in [1.165, 1.54) is 6.07 Å². The summed E-state index contributed by atoms with van der Waals surface area (Å²) in [5, 5.41) is 14.3. The molecule has 0 bridgehead atoms. The Morgan fingerprint density at radius 1 is 1.26 bits per heavy atom. The van der Waals surface area contributed by atoms with Crippen LogP contribution in [0.1, 0.15) is 38.4 Å². The van der Waals surface area contributed by atoms with Crippen molar-refractivity contribution in [3.8, 4) is 0 Å². The maximum absolute atomic E-state index is 12.8. The molecule has 1 amide bonds. The monoisotopic (exact) mass is 421 g/mol. The van der Waals surface area contributed by atoms with Crippen LogP contribution in [0.5, 0.6) is 0 Å². The SMILES string of the molecule is CCCCc1nc2ccc(NC(=O)C3CCN(c4ccccc4[N+](=O)[O-])CC3)cc2[nH]1. The van der Waals surface area contributed by atoms with Crippen LogP contribution in [0.25, 0.3) is 11.0 Å². The number of benzene rings is 2. The molecule has 1 fully saturated rings. The Hall–Kier alpha value is -3.42. The van der Waals surface area contributed by atoms with E-state index in [0.29, 0.717) is 31.6 Å². The van der Waals surface area contributed by atoms with Crippen molar-refractivity contribution in [2.75, 3.05) is 23.3 Å². The topological polar surface area (TPSA) is 104 Å². The van der Waals surface area contributed by atoms with Crippen molar-refractivity contribution in [3.05, 3.63) is 58.4 Å². The molecule has 2 N–H and O–H groups in total. The maximum Gasteiger partial charge on any atom is 0.292 e. The Morgan fingerprint density at radius 2 is 2.03 bits per heavy atom. The second-order valence-corrected chi connectivity index (χ2v) is 8.02. The number of aryl methyl sites for hydroxylation is 1.